The van der Waals surface area contributed by atoms with Crippen molar-refractivity contribution in [2.24, 2.45) is 11.8 Å². The van der Waals surface area contributed by atoms with Crippen LogP contribution in [0.15, 0.2) is 77.7 Å². The summed E-state index contributed by atoms with van der Waals surface area (Å²) in [6, 6.07) is 23.2. The van der Waals surface area contributed by atoms with Crippen molar-refractivity contribution in [3.05, 3.63) is 78.4 Å². The lowest BCUT2D eigenvalue weighted by Crippen LogP contribution is -2.45. The molecule has 4 nitrogen and oxygen atoms in total. The molecule has 0 aromatic heterocycles. The van der Waals surface area contributed by atoms with E-state index in [1.165, 1.54) is 0 Å². The third-order valence-electron chi connectivity index (χ3n) is 5.67. The lowest BCUT2D eigenvalue weighted by molar-refractivity contribution is 0.0572. The standard InChI is InChI=1S/C24H27NO3S2/c26-30(27,24-11-10-22-8-4-5-9-23(22)13-24)25-14-20(12-21(15-25)18-29)17-28-16-19-6-2-1-3-7-19/h1-11,13,20-21,29H,12,14-18H2. The van der Waals surface area contributed by atoms with Crippen LogP contribution in [0.5, 0.6) is 0 Å². The summed E-state index contributed by atoms with van der Waals surface area (Å²) in [5.41, 5.74) is 1.12. The number of thiol groups is 1. The number of piperidine rings is 1. The Morgan fingerprint density at radius 1 is 0.900 bits per heavy atom. The van der Waals surface area contributed by atoms with Crippen molar-refractivity contribution in [2.75, 3.05) is 25.4 Å². The van der Waals surface area contributed by atoms with E-state index in [1.54, 1.807) is 16.4 Å². The molecule has 1 aliphatic rings. The fraction of sp³-hybridized carbons (Fsp3) is 0.333. The monoisotopic (exact) mass is 441 g/mol. The van der Waals surface area contributed by atoms with Crippen molar-refractivity contribution in [1.29, 1.82) is 0 Å². The molecule has 6 heteroatoms. The van der Waals surface area contributed by atoms with Crippen LogP contribution < -0.4 is 0 Å². The Balaban J connectivity index is 1.48. The van der Waals surface area contributed by atoms with Crippen LogP contribution in [0.2, 0.25) is 0 Å². The van der Waals surface area contributed by atoms with E-state index >= 15 is 0 Å². The number of ether oxygens (including phenoxy) is 1. The van der Waals surface area contributed by atoms with Gasteiger partial charge in [-0.3, -0.25) is 0 Å². The van der Waals surface area contributed by atoms with Crippen molar-refractivity contribution in [3.63, 3.8) is 0 Å². The normalized spacial score (nSPS) is 20.4. The van der Waals surface area contributed by atoms with Gasteiger partial charge in [0.1, 0.15) is 0 Å². The quantitative estimate of drug-likeness (QED) is 0.545. The van der Waals surface area contributed by atoms with Crippen LogP contribution in [-0.4, -0.2) is 38.2 Å². The molecule has 0 N–H and O–H groups in total. The van der Waals surface area contributed by atoms with Gasteiger partial charge in [0.05, 0.1) is 18.1 Å². The van der Waals surface area contributed by atoms with Crippen LogP contribution in [0.4, 0.5) is 0 Å². The molecular formula is C24H27NO3S2. The van der Waals surface area contributed by atoms with Crippen molar-refractivity contribution in [3.8, 4) is 0 Å². The number of nitrogens with zero attached hydrogens (tertiary/aromatic N) is 1. The Kier molecular flexibility index (Phi) is 6.78. The molecule has 0 spiro atoms. The highest BCUT2D eigenvalue weighted by atomic mass is 32.2. The zero-order valence-corrected chi connectivity index (χ0v) is 18.6. The van der Waals surface area contributed by atoms with Gasteiger partial charge in [-0.15, -0.1) is 0 Å². The topological polar surface area (TPSA) is 46.6 Å². The minimum Gasteiger partial charge on any atom is -0.376 e. The van der Waals surface area contributed by atoms with Crippen LogP contribution in [0, 0.1) is 11.8 Å². The Morgan fingerprint density at radius 2 is 1.60 bits per heavy atom. The second-order valence-corrected chi connectivity index (χ2v) is 10.3. The lowest BCUT2D eigenvalue weighted by atomic mass is 9.92. The maximum atomic E-state index is 13.4. The summed E-state index contributed by atoms with van der Waals surface area (Å²) in [7, 11) is -3.56. The molecule has 0 aliphatic carbocycles. The molecule has 1 heterocycles. The SMILES string of the molecule is O=S(=O)(c1ccc2ccccc2c1)N1CC(CS)CC(COCc2ccccc2)C1. The third kappa shape index (κ3) is 4.89. The van der Waals surface area contributed by atoms with E-state index in [9.17, 15) is 8.42 Å². The second-order valence-electron chi connectivity index (χ2n) is 7.98. The highest BCUT2D eigenvalue weighted by Gasteiger charge is 2.34. The Hall–Kier alpha value is -1.86. The van der Waals surface area contributed by atoms with E-state index in [0.29, 0.717) is 37.0 Å². The number of sulfonamides is 1. The maximum Gasteiger partial charge on any atom is 0.243 e. The molecule has 0 radical (unpaired) electrons. The van der Waals surface area contributed by atoms with Crippen molar-refractivity contribution in [2.45, 2.75) is 17.9 Å². The van der Waals surface area contributed by atoms with Crippen molar-refractivity contribution < 1.29 is 13.2 Å². The van der Waals surface area contributed by atoms with Gasteiger partial charge in [-0.2, -0.15) is 16.9 Å². The minimum atomic E-state index is -3.56. The van der Waals surface area contributed by atoms with Gasteiger partial charge in [0.25, 0.3) is 0 Å². The van der Waals surface area contributed by atoms with Gasteiger partial charge in [-0.05, 0) is 52.5 Å². The highest BCUT2D eigenvalue weighted by molar-refractivity contribution is 7.89. The Bertz CT molecular complexity index is 1090. The molecule has 0 bridgehead atoms. The molecule has 0 amide bonds. The fourth-order valence-electron chi connectivity index (χ4n) is 4.11. The molecule has 0 saturated carbocycles. The van der Waals surface area contributed by atoms with Gasteiger partial charge >= 0.3 is 0 Å². The smallest absolute Gasteiger partial charge is 0.243 e. The predicted octanol–water partition coefficient (Wildman–Crippen LogP) is 4.61. The number of hydrogen-bond donors (Lipinski definition) is 1. The van der Waals surface area contributed by atoms with Crippen LogP contribution in [-0.2, 0) is 21.4 Å². The van der Waals surface area contributed by atoms with Gasteiger partial charge in [0.2, 0.25) is 10.0 Å². The van der Waals surface area contributed by atoms with E-state index in [-0.39, 0.29) is 11.8 Å². The Morgan fingerprint density at radius 3 is 2.37 bits per heavy atom. The molecule has 30 heavy (non-hydrogen) atoms. The van der Waals surface area contributed by atoms with Gasteiger partial charge in [-0.25, -0.2) is 8.42 Å². The number of hydrogen-bond acceptors (Lipinski definition) is 4. The van der Waals surface area contributed by atoms with Crippen molar-refractivity contribution >= 4 is 33.4 Å². The van der Waals surface area contributed by atoms with Crippen LogP contribution in [0.3, 0.4) is 0 Å². The summed E-state index contributed by atoms with van der Waals surface area (Å²) < 4.78 is 34.3. The first-order chi connectivity index (χ1) is 14.6. The minimum absolute atomic E-state index is 0.162. The summed E-state index contributed by atoms with van der Waals surface area (Å²) >= 11 is 4.46. The molecule has 3 aromatic carbocycles. The number of fused-ring (bicyclic) bond motifs is 1. The first kappa shape index (κ1) is 21.4. The van der Waals surface area contributed by atoms with Crippen LogP contribution >= 0.6 is 12.6 Å². The molecule has 2 unspecified atom stereocenters. The summed E-state index contributed by atoms with van der Waals surface area (Å²) in [4.78, 5) is 0.352. The highest BCUT2D eigenvalue weighted by Crippen LogP contribution is 2.29. The summed E-state index contributed by atoms with van der Waals surface area (Å²) in [6.07, 6.45) is 0.933. The largest absolute Gasteiger partial charge is 0.376 e. The third-order valence-corrected chi connectivity index (χ3v) is 8.02. The molecule has 158 valence electrons. The summed E-state index contributed by atoms with van der Waals surface area (Å²) in [6.45, 7) is 2.07. The Labute approximate surface area is 184 Å². The average molecular weight is 442 g/mol. The predicted molar refractivity (Wildman–Crippen MR) is 124 cm³/mol. The van der Waals surface area contributed by atoms with E-state index in [1.807, 2.05) is 60.7 Å². The molecule has 3 aromatic rings. The van der Waals surface area contributed by atoms with Gasteiger partial charge < -0.3 is 4.74 Å². The zero-order valence-electron chi connectivity index (χ0n) is 16.9. The zero-order chi connectivity index (χ0) is 21.0. The average Bonchev–Trinajstić information content (AvgIpc) is 2.79. The molecule has 1 fully saturated rings. The van der Waals surface area contributed by atoms with Gasteiger partial charge in [0.15, 0.2) is 0 Å². The molecular weight excluding hydrogens is 414 g/mol. The summed E-state index contributed by atoms with van der Waals surface area (Å²) in [5, 5.41) is 1.97. The lowest BCUT2D eigenvalue weighted by Gasteiger charge is -2.36. The first-order valence-corrected chi connectivity index (χ1v) is 12.3. The second kappa shape index (κ2) is 9.52. The molecule has 2 atom stereocenters. The molecule has 1 aliphatic heterocycles. The van der Waals surface area contributed by atoms with E-state index in [2.05, 4.69) is 12.6 Å². The summed E-state index contributed by atoms with van der Waals surface area (Å²) in [5.74, 6) is 1.05. The van der Waals surface area contributed by atoms with Crippen LogP contribution in [0.1, 0.15) is 12.0 Å². The molecule has 1 saturated heterocycles. The van der Waals surface area contributed by atoms with E-state index in [0.717, 1.165) is 22.8 Å². The van der Waals surface area contributed by atoms with E-state index in [4.69, 9.17) is 4.74 Å². The van der Waals surface area contributed by atoms with E-state index < -0.39 is 10.0 Å². The van der Waals surface area contributed by atoms with Gasteiger partial charge in [0, 0.05) is 13.1 Å². The maximum absolute atomic E-state index is 13.4. The fourth-order valence-corrected chi connectivity index (χ4v) is 6.01. The number of benzene rings is 3. The van der Waals surface area contributed by atoms with Gasteiger partial charge in [-0.1, -0.05) is 60.7 Å². The molecule has 4 rings (SSSR count). The first-order valence-electron chi connectivity index (χ1n) is 10.3. The number of rotatable bonds is 7. The van der Waals surface area contributed by atoms with Crippen LogP contribution in [0.25, 0.3) is 10.8 Å². The van der Waals surface area contributed by atoms with Crippen molar-refractivity contribution in [1.82, 2.24) is 4.31 Å².